The average Bonchev–Trinajstić information content (AvgIpc) is 2.28. The molecule has 1 atom stereocenters. The molecule has 0 bridgehead atoms. The molecule has 0 fully saturated rings. The van der Waals surface area contributed by atoms with Gasteiger partial charge in [0.25, 0.3) is 0 Å². The van der Waals surface area contributed by atoms with Crippen LogP contribution in [0, 0.1) is 11.7 Å². The van der Waals surface area contributed by atoms with Crippen molar-refractivity contribution in [3.8, 4) is 0 Å². The van der Waals surface area contributed by atoms with Gasteiger partial charge in [0, 0.05) is 12.5 Å². The van der Waals surface area contributed by atoms with Gasteiger partial charge in [0.1, 0.15) is 5.82 Å². The first-order valence-electron chi connectivity index (χ1n) is 5.27. The number of hydrogen-bond acceptors (Lipinski definition) is 2. The Balaban J connectivity index is 2.54. The zero-order chi connectivity index (χ0) is 12.0. The molecule has 0 radical (unpaired) electrons. The third kappa shape index (κ3) is 3.62. The van der Waals surface area contributed by atoms with Crippen LogP contribution in [0.5, 0.6) is 0 Å². The third-order valence-electron chi connectivity index (χ3n) is 2.34. The largest absolute Gasteiger partial charge is 0.395 e. The molecule has 0 heterocycles. The van der Waals surface area contributed by atoms with Crippen molar-refractivity contribution in [3.05, 3.63) is 35.6 Å². The Labute approximate surface area is 94.3 Å². The zero-order valence-corrected chi connectivity index (χ0v) is 9.24. The van der Waals surface area contributed by atoms with Crippen molar-refractivity contribution in [3.63, 3.8) is 0 Å². The third-order valence-corrected chi connectivity index (χ3v) is 2.34. The minimum atomic E-state index is -0.302. The second kappa shape index (κ2) is 6.23. The van der Waals surface area contributed by atoms with E-state index in [-0.39, 0.29) is 30.8 Å². The van der Waals surface area contributed by atoms with Gasteiger partial charge in [0.05, 0.1) is 6.61 Å². The fraction of sp³-hybridized carbons (Fsp3) is 0.417. The van der Waals surface area contributed by atoms with E-state index in [0.29, 0.717) is 12.0 Å². The highest BCUT2D eigenvalue weighted by Crippen LogP contribution is 2.12. The Bertz CT molecular complexity index is 355. The van der Waals surface area contributed by atoms with Crippen LogP contribution in [-0.2, 0) is 11.2 Å². The number of rotatable bonds is 5. The van der Waals surface area contributed by atoms with Crippen LogP contribution in [-0.4, -0.2) is 24.2 Å². The first-order chi connectivity index (χ1) is 7.65. The summed E-state index contributed by atoms with van der Waals surface area (Å²) in [6.07, 6.45) is 0.365. The quantitative estimate of drug-likeness (QED) is 0.788. The Morgan fingerprint density at radius 3 is 2.81 bits per heavy atom. The Morgan fingerprint density at radius 1 is 1.50 bits per heavy atom. The maximum Gasteiger partial charge on any atom is 0.223 e. The highest BCUT2D eigenvalue weighted by molar-refractivity contribution is 5.78. The van der Waals surface area contributed by atoms with E-state index < -0.39 is 0 Å². The summed E-state index contributed by atoms with van der Waals surface area (Å²) in [5.41, 5.74) is 0.536. The van der Waals surface area contributed by atoms with Gasteiger partial charge in [0.2, 0.25) is 5.91 Å². The molecule has 0 aliphatic heterocycles. The molecule has 3 nitrogen and oxygen atoms in total. The number of hydrogen-bond donors (Lipinski definition) is 2. The van der Waals surface area contributed by atoms with Gasteiger partial charge in [0.15, 0.2) is 0 Å². The van der Waals surface area contributed by atoms with Crippen molar-refractivity contribution in [1.29, 1.82) is 0 Å². The summed E-state index contributed by atoms with van der Waals surface area (Å²) in [6.45, 7) is 1.89. The van der Waals surface area contributed by atoms with Gasteiger partial charge >= 0.3 is 0 Å². The molecule has 4 heteroatoms. The number of halogens is 1. The van der Waals surface area contributed by atoms with Crippen LogP contribution in [0.2, 0.25) is 0 Å². The van der Waals surface area contributed by atoms with E-state index >= 15 is 0 Å². The summed E-state index contributed by atoms with van der Waals surface area (Å²) in [5, 5.41) is 11.1. The highest BCUT2D eigenvalue weighted by atomic mass is 19.1. The number of carbonyl (C=O) groups excluding carboxylic acids is 1. The molecule has 1 aromatic carbocycles. The predicted octanol–water partition coefficient (Wildman–Crippen LogP) is 1.11. The van der Waals surface area contributed by atoms with Crippen LogP contribution in [0.3, 0.4) is 0 Å². The summed E-state index contributed by atoms with van der Waals surface area (Å²) in [7, 11) is 0. The average molecular weight is 225 g/mol. The van der Waals surface area contributed by atoms with Crippen molar-refractivity contribution in [2.75, 3.05) is 13.2 Å². The lowest BCUT2D eigenvalue weighted by molar-refractivity contribution is -0.124. The number of aliphatic hydroxyl groups is 1. The molecule has 0 aromatic heterocycles. The summed E-state index contributed by atoms with van der Waals surface area (Å²) in [5.74, 6) is -0.759. The van der Waals surface area contributed by atoms with E-state index in [1.54, 1.807) is 25.1 Å². The lowest BCUT2D eigenvalue weighted by Gasteiger charge is -2.11. The van der Waals surface area contributed by atoms with E-state index in [2.05, 4.69) is 5.32 Å². The van der Waals surface area contributed by atoms with Crippen LogP contribution < -0.4 is 5.32 Å². The maximum atomic E-state index is 13.3. The molecule has 88 valence electrons. The molecule has 2 N–H and O–H groups in total. The fourth-order valence-corrected chi connectivity index (χ4v) is 1.44. The molecule has 1 aromatic rings. The summed E-state index contributed by atoms with van der Waals surface area (Å²) in [6, 6.07) is 6.42. The van der Waals surface area contributed by atoms with Crippen molar-refractivity contribution in [1.82, 2.24) is 5.32 Å². The first kappa shape index (κ1) is 12.6. The van der Waals surface area contributed by atoms with Crippen LogP contribution in [0.15, 0.2) is 24.3 Å². The molecule has 0 saturated heterocycles. The number of nitrogens with one attached hydrogen (secondary N) is 1. The topological polar surface area (TPSA) is 49.3 Å². The van der Waals surface area contributed by atoms with Gasteiger partial charge in [-0.15, -0.1) is 0 Å². The molecule has 1 amide bonds. The van der Waals surface area contributed by atoms with Gasteiger partial charge < -0.3 is 10.4 Å². The van der Waals surface area contributed by atoms with E-state index in [9.17, 15) is 9.18 Å². The Hall–Kier alpha value is -1.42. The Morgan fingerprint density at radius 2 is 2.19 bits per heavy atom. The van der Waals surface area contributed by atoms with Crippen molar-refractivity contribution in [2.45, 2.75) is 13.3 Å². The molecular weight excluding hydrogens is 209 g/mol. The number of aliphatic hydroxyl groups excluding tert-OH is 1. The molecule has 0 aliphatic carbocycles. The molecular formula is C12H16FNO2. The first-order valence-corrected chi connectivity index (χ1v) is 5.27. The van der Waals surface area contributed by atoms with Crippen molar-refractivity contribution < 1.29 is 14.3 Å². The maximum absolute atomic E-state index is 13.3. The van der Waals surface area contributed by atoms with Gasteiger partial charge in [-0.2, -0.15) is 0 Å². The van der Waals surface area contributed by atoms with Crippen LogP contribution in [0.25, 0.3) is 0 Å². The normalized spacial score (nSPS) is 12.2. The van der Waals surface area contributed by atoms with Crippen molar-refractivity contribution >= 4 is 5.91 Å². The number of amides is 1. The number of benzene rings is 1. The molecule has 0 saturated carbocycles. The van der Waals surface area contributed by atoms with Gasteiger partial charge in [-0.3, -0.25) is 4.79 Å². The van der Waals surface area contributed by atoms with Gasteiger partial charge in [-0.25, -0.2) is 4.39 Å². The van der Waals surface area contributed by atoms with Gasteiger partial charge in [-0.1, -0.05) is 25.1 Å². The molecule has 0 spiro atoms. The summed E-state index contributed by atoms with van der Waals surface area (Å²) >= 11 is 0. The second-order valence-corrected chi connectivity index (χ2v) is 3.71. The molecule has 1 unspecified atom stereocenters. The predicted molar refractivity (Wildman–Crippen MR) is 59.4 cm³/mol. The van der Waals surface area contributed by atoms with Crippen LogP contribution in [0.4, 0.5) is 4.39 Å². The van der Waals surface area contributed by atoms with Crippen LogP contribution >= 0.6 is 0 Å². The highest BCUT2D eigenvalue weighted by Gasteiger charge is 2.14. The van der Waals surface area contributed by atoms with Crippen LogP contribution in [0.1, 0.15) is 12.5 Å². The lowest BCUT2D eigenvalue weighted by Crippen LogP contribution is -2.32. The van der Waals surface area contributed by atoms with Gasteiger partial charge in [-0.05, 0) is 18.1 Å². The summed E-state index contributed by atoms with van der Waals surface area (Å²) in [4.78, 5) is 11.5. The standard InChI is InChI=1S/C12H16FNO2/c1-9(12(16)14-6-7-15)8-10-4-2-3-5-11(10)13/h2-5,9,15H,6-8H2,1H3,(H,14,16). The van der Waals surface area contributed by atoms with E-state index in [1.165, 1.54) is 6.07 Å². The zero-order valence-electron chi connectivity index (χ0n) is 9.24. The number of carbonyl (C=O) groups is 1. The molecule has 1 rings (SSSR count). The fourth-order valence-electron chi connectivity index (χ4n) is 1.44. The minimum Gasteiger partial charge on any atom is -0.395 e. The SMILES string of the molecule is CC(Cc1ccccc1F)C(=O)NCCO. The molecule has 16 heavy (non-hydrogen) atoms. The molecule has 0 aliphatic rings. The van der Waals surface area contributed by atoms with E-state index in [0.717, 1.165) is 0 Å². The van der Waals surface area contributed by atoms with E-state index in [1.807, 2.05) is 0 Å². The minimum absolute atomic E-state index is 0.0852. The monoisotopic (exact) mass is 225 g/mol. The summed E-state index contributed by atoms with van der Waals surface area (Å²) < 4.78 is 13.3. The van der Waals surface area contributed by atoms with E-state index in [4.69, 9.17) is 5.11 Å². The Kier molecular flexibility index (Phi) is 4.92. The van der Waals surface area contributed by atoms with Crippen molar-refractivity contribution in [2.24, 2.45) is 5.92 Å². The lowest BCUT2D eigenvalue weighted by atomic mass is 10.00. The second-order valence-electron chi connectivity index (χ2n) is 3.71. The smallest absolute Gasteiger partial charge is 0.223 e.